The molecule has 1 aromatic rings. The first-order chi connectivity index (χ1) is 7.46. The Hall–Kier alpha value is -1.35. The second-order valence-corrected chi connectivity index (χ2v) is 4.83. The largest absolute Gasteiger partial charge is 0.481 e. The van der Waals surface area contributed by atoms with Gasteiger partial charge in [-0.05, 0) is 17.4 Å². The van der Waals surface area contributed by atoms with Gasteiger partial charge >= 0.3 is 5.97 Å². The van der Waals surface area contributed by atoms with Crippen molar-refractivity contribution in [3.05, 3.63) is 35.9 Å². The van der Waals surface area contributed by atoms with Crippen LogP contribution in [0.4, 0.5) is 0 Å². The summed E-state index contributed by atoms with van der Waals surface area (Å²) < 4.78 is 0. The third kappa shape index (κ3) is 3.35. The monoisotopic (exact) mass is 222 g/mol. The summed E-state index contributed by atoms with van der Waals surface area (Å²) in [7, 11) is 0. The highest BCUT2D eigenvalue weighted by Crippen LogP contribution is 2.31. The number of aliphatic hydroxyl groups excluding tert-OH is 1. The fourth-order valence-corrected chi connectivity index (χ4v) is 1.65. The summed E-state index contributed by atoms with van der Waals surface area (Å²) in [5.74, 6) is -1.39. The summed E-state index contributed by atoms with van der Waals surface area (Å²) in [4.78, 5) is 11.2. The van der Waals surface area contributed by atoms with Crippen LogP contribution in [0.25, 0.3) is 0 Å². The molecule has 0 amide bonds. The van der Waals surface area contributed by atoms with Crippen LogP contribution in [-0.4, -0.2) is 22.8 Å². The van der Waals surface area contributed by atoms with Crippen molar-refractivity contribution in [2.45, 2.75) is 26.2 Å². The highest BCUT2D eigenvalue weighted by atomic mass is 16.4. The quantitative estimate of drug-likeness (QED) is 0.803. The third-order valence-corrected chi connectivity index (χ3v) is 2.68. The second kappa shape index (κ2) is 5.12. The summed E-state index contributed by atoms with van der Waals surface area (Å²) in [6, 6.07) is 9.15. The number of aliphatic carboxylic acids is 1. The summed E-state index contributed by atoms with van der Waals surface area (Å²) >= 11 is 0. The van der Waals surface area contributed by atoms with Crippen LogP contribution >= 0.6 is 0 Å². The zero-order valence-electron chi connectivity index (χ0n) is 9.68. The summed E-state index contributed by atoms with van der Waals surface area (Å²) in [6.45, 7) is 3.72. The molecule has 16 heavy (non-hydrogen) atoms. The maximum absolute atomic E-state index is 11.2. The molecule has 0 aliphatic heterocycles. The predicted octanol–water partition coefficient (Wildman–Crippen LogP) is 2.26. The molecule has 0 aromatic heterocycles. The molecule has 0 fully saturated rings. The molecule has 1 unspecified atom stereocenters. The zero-order chi connectivity index (χ0) is 12.2. The van der Waals surface area contributed by atoms with Crippen LogP contribution in [0.3, 0.4) is 0 Å². The van der Waals surface area contributed by atoms with Crippen LogP contribution in [0.1, 0.15) is 31.7 Å². The number of carbonyl (C=O) groups is 1. The topological polar surface area (TPSA) is 57.5 Å². The molecule has 0 aliphatic carbocycles. The Bertz CT molecular complexity index is 343. The lowest BCUT2D eigenvalue weighted by atomic mass is 9.80. The molecule has 0 bridgehead atoms. The zero-order valence-corrected chi connectivity index (χ0v) is 9.68. The van der Waals surface area contributed by atoms with Crippen molar-refractivity contribution in [2.24, 2.45) is 5.41 Å². The van der Waals surface area contributed by atoms with Crippen molar-refractivity contribution in [3.8, 4) is 0 Å². The van der Waals surface area contributed by atoms with Crippen molar-refractivity contribution in [2.75, 3.05) is 6.61 Å². The molecular weight excluding hydrogens is 204 g/mol. The number of rotatable bonds is 5. The fraction of sp³-hybridized carbons (Fsp3) is 0.462. The van der Waals surface area contributed by atoms with E-state index < -0.39 is 11.9 Å². The van der Waals surface area contributed by atoms with Gasteiger partial charge in [0.15, 0.2) is 0 Å². The minimum atomic E-state index is -0.840. The Morgan fingerprint density at radius 1 is 1.31 bits per heavy atom. The first kappa shape index (κ1) is 12.7. The lowest BCUT2D eigenvalue weighted by molar-refractivity contribution is -0.139. The maximum Gasteiger partial charge on any atom is 0.310 e. The van der Waals surface area contributed by atoms with Gasteiger partial charge in [-0.3, -0.25) is 4.79 Å². The first-order valence-electron chi connectivity index (χ1n) is 5.35. The Labute approximate surface area is 95.7 Å². The summed E-state index contributed by atoms with van der Waals surface area (Å²) in [5, 5.41) is 18.4. The van der Waals surface area contributed by atoms with Gasteiger partial charge in [0.2, 0.25) is 0 Å². The van der Waals surface area contributed by atoms with E-state index in [1.165, 1.54) is 0 Å². The number of hydrogen-bond acceptors (Lipinski definition) is 2. The van der Waals surface area contributed by atoms with E-state index in [1.807, 2.05) is 44.2 Å². The van der Waals surface area contributed by atoms with Crippen LogP contribution in [0.5, 0.6) is 0 Å². The Kier molecular flexibility index (Phi) is 4.07. The van der Waals surface area contributed by atoms with Gasteiger partial charge in [0, 0.05) is 6.61 Å². The molecule has 1 atom stereocenters. The number of carboxylic acids is 1. The van der Waals surface area contributed by atoms with Crippen LogP contribution < -0.4 is 0 Å². The van der Waals surface area contributed by atoms with Gasteiger partial charge in [-0.15, -0.1) is 0 Å². The van der Waals surface area contributed by atoms with E-state index in [1.54, 1.807) is 0 Å². The minimum Gasteiger partial charge on any atom is -0.481 e. The molecule has 0 aliphatic rings. The SMILES string of the molecule is CC(C)(CO)CC(C(=O)O)c1ccccc1. The molecule has 0 heterocycles. The van der Waals surface area contributed by atoms with E-state index in [2.05, 4.69) is 0 Å². The van der Waals surface area contributed by atoms with E-state index in [0.717, 1.165) is 5.56 Å². The smallest absolute Gasteiger partial charge is 0.310 e. The lowest BCUT2D eigenvalue weighted by Crippen LogP contribution is -2.24. The Morgan fingerprint density at radius 3 is 2.31 bits per heavy atom. The van der Waals surface area contributed by atoms with Crippen molar-refractivity contribution < 1.29 is 15.0 Å². The molecule has 0 saturated heterocycles. The van der Waals surface area contributed by atoms with Gasteiger partial charge < -0.3 is 10.2 Å². The molecule has 1 aromatic carbocycles. The summed E-state index contributed by atoms with van der Waals surface area (Å²) in [5.41, 5.74) is 0.412. The lowest BCUT2D eigenvalue weighted by Gasteiger charge is -2.25. The van der Waals surface area contributed by atoms with E-state index in [0.29, 0.717) is 6.42 Å². The van der Waals surface area contributed by atoms with Crippen molar-refractivity contribution in [3.63, 3.8) is 0 Å². The van der Waals surface area contributed by atoms with E-state index in [9.17, 15) is 15.0 Å². The molecule has 3 nitrogen and oxygen atoms in total. The van der Waals surface area contributed by atoms with E-state index in [4.69, 9.17) is 0 Å². The van der Waals surface area contributed by atoms with E-state index in [-0.39, 0.29) is 12.0 Å². The molecule has 2 N–H and O–H groups in total. The number of carboxylic acid groups (broad SMARTS) is 1. The number of aliphatic hydroxyl groups is 1. The van der Waals surface area contributed by atoms with Crippen LogP contribution in [0, 0.1) is 5.41 Å². The standard InChI is InChI=1S/C13H18O3/c1-13(2,9-14)8-11(12(15)16)10-6-4-3-5-7-10/h3-7,11,14H,8-9H2,1-2H3,(H,15,16). The molecular formula is C13H18O3. The molecule has 1 rings (SSSR count). The van der Waals surface area contributed by atoms with Gasteiger partial charge in [-0.2, -0.15) is 0 Å². The predicted molar refractivity (Wildman–Crippen MR) is 62.3 cm³/mol. The van der Waals surface area contributed by atoms with Gasteiger partial charge in [-0.25, -0.2) is 0 Å². The van der Waals surface area contributed by atoms with Gasteiger partial charge in [-0.1, -0.05) is 44.2 Å². The molecule has 0 saturated carbocycles. The second-order valence-electron chi connectivity index (χ2n) is 4.83. The highest BCUT2D eigenvalue weighted by Gasteiger charge is 2.28. The molecule has 88 valence electrons. The maximum atomic E-state index is 11.2. The normalized spacial score (nSPS) is 13.4. The van der Waals surface area contributed by atoms with Crippen LogP contribution in [0.15, 0.2) is 30.3 Å². The molecule has 3 heteroatoms. The average molecular weight is 222 g/mol. The van der Waals surface area contributed by atoms with Gasteiger partial charge in [0.1, 0.15) is 0 Å². The highest BCUT2D eigenvalue weighted by molar-refractivity contribution is 5.76. The Morgan fingerprint density at radius 2 is 1.88 bits per heavy atom. The van der Waals surface area contributed by atoms with Gasteiger partial charge in [0.05, 0.1) is 5.92 Å². The number of benzene rings is 1. The van der Waals surface area contributed by atoms with E-state index >= 15 is 0 Å². The first-order valence-corrected chi connectivity index (χ1v) is 5.35. The molecule has 0 spiro atoms. The third-order valence-electron chi connectivity index (χ3n) is 2.68. The van der Waals surface area contributed by atoms with Crippen molar-refractivity contribution in [1.29, 1.82) is 0 Å². The van der Waals surface area contributed by atoms with Crippen molar-refractivity contribution in [1.82, 2.24) is 0 Å². The van der Waals surface area contributed by atoms with Gasteiger partial charge in [0.25, 0.3) is 0 Å². The van der Waals surface area contributed by atoms with Crippen molar-refractivity contribution >= 4 is 5.97 Å². The fourth-order valence-electron chi connectivity index (χ4n) is 1.65. The summed E-state index contributed by atoms with van der Waals surface area (Å²) in [6.07, 6.45) is 0.433. The average Bonchev–Trinajstić information content (AvgIpc) is 2.27. The van der Waals surface area contributed by atoms with Crippen LogP contribution in [-0.2, 0) is 4.79 Å². The van der Waals surface area contributed by atoms with Crippen LogP contribution in [0.2, 0.25) is 0 Å². The minimum absolute atomic E-state index is 0.0103. The number of hydrogen-bond donors (Lipinski definition) is 2. The molecule has 0 radical (unpaired) electrons. The Balaban J connectivity index is 2.89.